The summed E-state index contributed by atoms with van der Waals surface area (Å²) in [6.45, 7) is 2.24. The van der Waals surface area contributed by atoms with Crippen LogP contribution in [0.5, 0.6) is 5.75 Å². The summed E-state index contributed by atoms with van der Waals surface area (Å²) in [5.74, 6) is 1.87. The van der Waals surface area contributed by atoms with Crippen LogP contribution in [0.15, 0.2) is 18.2 Å². The highest BCUT2D eigenvalue weighted by atomic mass is 16.5. The van der Waals surface area contributed by atoms with Gasteiger partial charge in [0.15, 0.2) is 0 Å². The van der Waals surface area contributed by atoms with Crippen molar-refractivity contribution in [3.63, 3.8) is 0 Å². The number of nitrogens with zero attached hydrogens (tertiary/aromatic N) is 1. The summed E-state index contributed by atoms with van der Waals surface area (Å²) in [4.78, 5) is 2.65. The van der Waals surface area contributed by atoms with E-state index in [2.05, 4.69) is 11.0 Å². The van der Waals surface area contributed by atoms with Crippen molar-refractivity contribution in [2.24, 2.45) is 5.92 Å². The number of ether oxygens (including phenoxy) is 1. The number of fused-ring (bicyclic) bond motifs is 1. The van der Waals surface area contributed by atoms with Gasteiger partial charge in [-0.1, -0.05) is 18.9 Å². The molecule has 1 heterocycles. The molecule has 2 aliphatic rings. The van der Waals surface area contributed by atoms with Gasteiger partial charge < -0.3 is 10.5 Å². The van der Waals surface area contributed by atoms with Crippen LogP contribution < -0.4 is 10.5 Å². The summed E-state index contributed by atoms with van der Waals surface area (Å²) in [6.07, 6.45) is 7.01. The second kappa shape index (κ2) is 5.41. The Kier molecular flexibility index (Phi) is 3.65. The Balaban J connectivity index is 1.74. The van der Waals surface area contributed by atoms with Gasteiger partial charge in [0.1, 0.15) is 5.75 Å². The van der Waals surface area contributed by atoms with Crippen molar-refractivity contribution >= 4 is 5.69 Å². The minimum absolute atomic E-state index is 0.776. The van der Waals surface area contributed by atoms with Crippen LogP contribution in [0.1, 0.15) is 37.7 Å². The molecule has 3 nitrogen and oxygen atoms in total. The quantitative estimate of drug-likeness (QED) is 0.849. The van der Waals surface area contributed by atoms with Gasteiger partial charge in [-0.3, -0.25) is 4.90 Å². The van der Waals surface area contributed by atoms with Crippen LogP contribution in [0.2, 0.25) is 0 Å². The van der Waals surface area contributed by atoms with E-state index in [1.165, 1.54) is 44.2 Å². The maximum absolute atomic E-state index is 5.82. The van der Waals surface area contributed by atoms with Gasteiger partial charge in [-0.25, -0.2) is 0 Å². The summed E-state index contributed by atoms with van der Waals surface area (Å²) in [5.41, 5.74) is 7.87. The van der Waals surface area contributed by atoms with Gasteiger partial charge in [-0.05, 0) is 37.8 Å². The number of nitrogen functional groups attached to an aromatic ring is 1. The molecule has 3 rings (SSSR count). The molecule has 0 bridgehead atoms. The lowest BCUT2D eigenvalue weighted by molar-refractivity contribution is 0.174. The normalized spacial score (nSPS) is 27.2. The van der Waals surface area contributed by atoms with Gasteiger partial charge >= 0.3 is 0 Å². The summed E-state index contributed by atoms with van der Waals surface area (Å²) in [6, 6.07) is 6.83. The molecular weight excluding hydrogens is 236 g/mol. The van der Waals surface area contributed by atoms with Gasteiger partial charge in [0.05, 0.1) is 7.11 Å². The Morgan fingerprint density at radius 3 is 2.95 bits per heavy atom. The van der Waals surface area contributed by atoms with Gasteiger partial charge in [0, 0.05) is 29.9 Å². The molecule has 2 N–H and O–H groups in total. The first-order valence-electron chi connectivity index (χ1n) is 7.44. The Morgan fingerprint density at radius 2 is 2.11 bits per heavy atom. The molecule has 104 valence electrons. The smallest absolute Gasteiger partial charge is 0.125 e. The molecule has 2 fully saturated rings. The average Bonchev–Trinajstić information content (AvgIpc) is 2.84. The molecule has 1 aromatic carbocycles. The van der Waals surface area contributed by atoms with Crippen molar-refractivity contribution in [2.45, 2.75) is 44.7 Å². The molecule has 1 aromatic rings. The van der Waals surface area contributed by atoms with Crippen LogP contribution in [0.4, 0.5) is 5.69 Å². The van der Waals surface area contributed by atoms with E-state index >= 15 is 0 Å². The van der Waals surface area contributed by atoms with Gasteiger partial charge in [-0.2, -0.15) is 0 Å². The zero-order valence-corrected chi connectivity index (χ0v) is 11.8. The summed E-state index contributed by atoms with van der Waals surface area (Å²) in [5, 5.41) is 0. The standard InChI is InChI=1S/C16H24N2O/c1-19-16-10-14(17)7-6-13(16)11-18-9-8-12-4-2-3-5-15(12)18/h6-7,10,12,15H,2-5,8-9,11,17H2,1H3. The third-order valence-electron chi connectivity index (χ3n) is 4.81. The Labute approximate surface area is 115 Å². The SMILES string of the molecule is COc1cc(N)ccc1CN1CCC2CCCCC21. The number of methoxy groups -OCH3 is 1. The molecule has 1 saturated carbocycles. The number of likely N-dealkylation sites (tertiary alicyclic amines) is 1. The zero-order valence-electron chi connectivity index (χ0n) is 11.8. The number of benzene rings is 1. The highest BCUT2D eigenvalue weighted by Crippen LogP contribution is 2.37. The predicted octanol–water partition coefficient (Wildman–Crippen LogP) is 3.04. The minimum atomic E-state index is 0.776. The van der Waals surface area contributed by atoms with Crippen molar-refractivity contribution in [1.82, 2.24) is 4.90 Å². The van der Waals surface area contributed by atoms with E-state index in [1.54, 1.807) is 7.11 Å². The van der Waals surface area contributed by atoms with Gasteiger partial charge in [0.25, 0.3) is 0 Å². The van der Waals surface area contributed by atoms with E-state index in [4.69, 9.17) is 10.5 Å². The van der Waals surface area contributed by atoms with Crippen LogP contribution in [0.25, 0.3) is 0 Å². The van der Waals surface area contributed by atoms with Crippen molar-refractivity contribution in [2.75, 3.05) is 19.4 Å². The van der Waals surface area contributed by atoms with E-state index in [-0.39, 0.29) is 0 Å². The first-order chi connectivity index (χ1) is 9.28. The van der Waals surface area contributed by atoms with Crippen molar-refractivity contribution in [1.29, 1.82) is 0 Å². The molecule has 19 heavy (non-hydrogen) atoms. The lowest BCUT2D eigenvalue weighted by Gasteiger charge is -2.32. The van der Waals surface area contributed by atoms with Crippen LogP contribution in [-0.4, -0.2) is 24.6 Å². The van der Waals surface area contributed by atoms with Crippen molar-refractivity contribution < 1.29 is 4.74 Å². The molecule has 0 radical (unpaired) electrons. The first-order valence-corrected chi connectivity index (χ1v) is 7.44. The van der Waals surface area contributed by atoms with Crippen LogP contribution in [-0.2, 0) is 6.54 Å². The van der Waals surface area contributed by atoms with E-state index in [0.29, 0.717) is 0 Å². The third kappa shape index (κ3) is 2.57. The Hall–Kier alpha value is -1.22. The molecule has 0 amide bonds. The fourth-order valence-electron chi connectivity index (χ4n) is 3.81. The van der Waals surface area contributed by atoms with Gasteiger partial charge in [-0.15, -0.1) is 0 Å². The number of anilines is 1. The van der Waals surface area contributed by atoms with Crippen LogP contribution >= 0.6 is 0 Å². The molecular formula is C16H24N2O. The monoisotopic (exact) mass is 260 g/mol. The Bertz CT molecular complexity index is 446. The molecule has 0 spiro atoms. The predicted molar refractivity (Wildman–Crippen MR) is 78.2 cm³/mol. The fourth-order valence-corrected chi connectivity index (χ4v) is 3.81. The largest absolute Gasteiger partial charge is 0.496 e. The first kappa shape index (κ1) is 12.8. The van der Waals surface area contributed by atoms with E-state index < -0.39 is 0 Å². The van der Waals surface area contributed by atoms with Crippen molar-refractivity contribution in [3.8, 4) is 5.75 Å². The maximum Gasteiger partial charge on any atom is 0.125 e. The van der Waals surface area contributed by atoms with E-state index in [0.717, 1.165) is 29.9 Å². The number of hydrogen-bond acceptors (Lipinski definition) is 3. The number of hydrogen-bond donors (Lipinski definition) is 1. The second-order valence-electron chi connectivity index (χ2n) is 5.94. The zero-order chi connectivity index (χ0) is 13.2. The fraction of sp³-hybridized carbons (Fsp3) is 0.625. The van der Waals surface area contributed by atoms with Gasteiger partial charge in [0.2, 0.25) is 0 Å². The molecule has 1 saturated heterocycles. The van der Waals surface area contributed by atoms with E-state index in [1.807, 2.05) is 12.1 Å². The third-order valence-corrected chi connectivity index (χ3v) is 4.81. The summed E-state index contributed by atoms with van der Waals surface area (Å²) < 4.78 is 5.47. The summed E-state index contributed by atoms with van der Waals surface area (Å²) >= 11 is 0. The average molecular weight is 260 g/mol. The van der Waals surface area contributed by atoms with Crippen molar-refractivity contribution in [3.05, 3.63) is 23.8 Å². The molecule has 2 unspecified atom stereocenters. The van der Waals surface area contributed by atoms with Crippen LogP contribution in [0, 0.1) is 5.92 Å². The second-order valence-corrected chi connectivity index (χ2v) is 5.94. The number of rotatable bonds is 3. The van der Waals surface area contributed by atoms with E-state index in [9.17, 15) is 0 Å². The highest BCUT2D eigenvalue weighted by Gasteiger charge is 2.35. The highest BCUT2D eigenvalue weighted by molar-refractivity contribution is 5.48. The Morgan fingerprint density at radius 1 is 1.26 bits per heavy atom. The molecule has 2 atom stereocenters. The maximum atomic E-state index is 5.82. The number of nitrogens with two attached hydrogens (primary N) is 1. The van der Waals surface area contributed by atoms with Crippen LogP contribution in [0.3, 0.4) is 0 Å². The minimum Gasteiger partial charge on any atom is -0.496 e. The molecule has 1 aliphatic carbocycles. The molecule has 3 heteroatoms. The lowest BCUT2D eigenvalue weighted by atomic mass is 9.85. The lowest BCUT2D eigenvalue weighted by Crippen LogP contribution is -2.34. The summed E-state index contributed by atoms with van der Waals surface area (Å²) in [7, 11) is 1.73. The topological polar surface area (TPSA) is 38.5 Å². The molecule has 0 aromatic heterocycles. The molecule has 1 aliphatic heterocycles.